The number of ether oxygens (including phenoxy) is 2. The Labute approximate surface area is 120 Å². The fourth-order valence-electron chi connectivity index (χ4n) is 1.77. The van der Waals surface area contributed by atoms with Gasteiger partial charge in [-0.25, -0.2) is 4.79 Å². The molecular formula is C16H23NO3. The minimum atomic E-state index is -0.444. The Hall–Kier alpha value is -1.97. The summed E-state index contributed by atoms with van der Waals surface area (Å²) < 4.78 is 10.2. The highest BCUT2D eigenvalue weighted by molar-refractivity contribution is 5.80. The van der Waals surface area contributed by atoms with Crippen molar-refractivity contribution in [1.29, 1.82) is 0 Å². The molecule has 4 nitrogen and oxygen atoms in total. The van der Waals surface area contributed by atoms with E-state index < -0.39 is 6.04 Å². The van der Waals surface area contributed by atoms with Crippen LogP contribution in [-0.2, 0) is 9.53 Å². The van der Waals surface area contributed by atoms with E-state index >= 15 is 0 Å². The van der Waals surface area contributed by atoms with Crippen LogP contribution in [0.1, 0.15) is 20.8 Å². The van der Waals surface area contributed by atoms with Gasteiger partial charge in [0.25, 0.3) is 0 Å². The third-order valence-corrected chi connectivity index (χ3v) is 3.23. The number of nitrogens with one attached hydrogen (secondary N) is 1. The fraction of sp³-hybridized carbons (Fsp3) is 0.438. The normalized spacial score (nSPS) is 13.2. The number of benzene rings is 1. The fourth-order valence-corrected chi connectivity index (χ4v) is 1.77. The first-order valence-electron chi connectivity index (χ1n) is 6.72. The van der Waals surface area contributed by atoms with Crippen molar-refractivity contribution >= 4 is 11.7 Å². The lowest BCUT2D eigenvalue weighted by Gasteiger charge is -2.24. The van der Waals surface area contributed by atoms with Crippen molar-refractivity contribution in [2.75, 3.05) is 19.0 Å². The lowest BCUT2D eigenvalue weighted by molar-refractivity contribution is -0.144. The van der Waals surface area contributed by atoms with E-state index in [1.54, 1.807) is 14.0 Å². The van der Waals surface area contributed by atoms with Gasteiger partial charge in [-0.3, -0.25) is 0 Å². The molecule has 1 rings (SSSR count). The van der Waals surface area contributed by atoms with Crippen molar-refractivity contribution in [3.63, 3.8) is 0 Å². The van der Waals surface area contributed by atoms with Gasteiger partial charge in [0.15, 0.2) is 0 Å². The molecule has 0 aliphatic heterocycles. The Morgan fingerprint density at radius 2 is 1.95 bits per heavy atom. The predicted octanol–water partition coefficient (Wildman–Crippen LogP) is 3.25. The molecule has 0 unspecified atom stereocenters. The van der Waals surface area contributed by atoms with Crippen molar-refractivity contribution in [2.45, 2.75) is 26.8 Å². The standard InChI is InChI=1S/C16H23NO3/c1-6-20-16(18)15(12(4)11(2)3)17-13-7-9-14(19-5)10-8-13/h7-10,12,15,17H,2,6H2,1,3-5H3/t12-,15-/m0/s1. The van der Waals surface area contributed by atoms with Gasteiger partial charge in [0.2, 0.25) is 0 Å². The third-order valence-electron chi connectivity index (χ3n) is 3.23. The van der Waals surface area contributed by atoms with Crippen LogP contribution in [0, 0.1) is 5.92 Å². The van der Waals surface area contributed by atoms with Gasteiger partial charge in [-0.05, 0) is 38.1 Å². The van der Waals surface area contributed by atoms with Crippen molar-refractivity contribution in [3.8, 4) is 5.75 Å². The van der Waals surface area contributed by atoms with Gasteiger partial charge in [0, 0.05) is 11.6 Å². The summed E-state index contributed by atoms with van der Waals surface area (Å²) in [5.74, 6) is 0.492. The van der Waals surface area contributed by atoms with Gasteiger partial charge in [-0.2, -0.15) is 0 Å². The molecule has 0 fully saturated rings. The molecule has 0 saturated carbocycles. The summed E-state index contributed by atoms with van der Waals surface area (Å²) in [4.78, 5) is 12.1. The molecule has 1 aromatic carbocycles. The number of methoxy groups -OCH3 is 1. The van der Waals surface area contributed by atoms with Gasteiger partial charge < -0.3 is 14.8 Å². The second kappa shape index (κ2) is 7.58. The van der Waals surface area contributed by atoms with Crippen LogP contribution in [0.5, 0.6) is 5.75 Å². The Balaban J connectivity index is 2.87. The average Bonchev–Trinajstić information content (AvgIpc) is 2.44. The summed E-state index contributed by atoms with van der Waals surface area (Å²) in [6.07, 6.45) is 0. The number of esters is 1. The van der Waals surface area contributed by atoms with Crippen LogP contribution in [0.2, 0.25) is 0 Å². The van der Waals surface area contributed by atoms with Gasteiger partial charge in [0.05, 0.1) is 13.7 Å². The third kappa shape index (κ3) is 4.30. The molecule has 110 valence electrons. The molecule has 0 heterocycles. The molecule has 1 N–H and O–H groups in total. The number of carbonyl (C=O) groups excluding carboxylic acids is 1. The van der Waals surface area contributed by atoms with Crippen molar-refractivity contribution < 1.29 is 14.3 Å². The second-order valence-corrected chi connectivity index (χ2v) is 4.74. The predicted molar refractivity (Wildman–Crippen MR) is 81.0 cm³/mol. The van der Waals surface area contributed by atoms with E-state index in [9.17, 15) is 4.79 Å². The van der Waals surface area contributed by atoms with E-state index in [0.717, 1.165) is 17.0 Å². The minimum absolute atomic E-state index is 0.0175. The highest BCUT2D eigenvalue weighted by Gasteiger charge is 2.26. The molecular weight excluding hydrogens is 254 g/mol. The van der Waals surface area contributed by atoms with Gasteiger partial charge in [-0.1, -0.05) is 19.1 Å². The van der Waals surface area contributed by atoms with Crippen molar-refractivity contribution in [3.05, 3.63) is 36.4 Å². The van der Waals surface area contributed by atoms with E-state index in [2.05, 4.69) is 11.9 Å². The summed E-state index contributed by atoms with van der Waals surface area (Å²) in [5, 5.41) is 3.21. The zero-order valence-corrected chi connectivity index (χ0v) is 12.6. The van der Waals surface area contributed by atoms with Gasteiger partial charge in [-0.15, -0.1) is 0 Å². The van der Waals surface area contributed by atoms with Crippen LogP contribution in [-0.4, -0.2) is 25.7 Å². The monoisotopic (exact) mass is 277 g/mol. The molecule has 0 saturated heterocycles. The summed E-state index contributed by atoms with van der Waals surface area (Å²) >= 11 is 0. The summed E-state index contributed by atoms with van der Waals surface area (Å²) in [7, 11) is 1.62. The number of rotatable bonds is 7. The Morgan fingerprint density at radius 3 is 2.40 bits per heavy atom. The average molecular weight is 277 g/mol. The van der Waals surface area contributed by atoms with Crippen LogP contribution in [0.25, 0.3) is 0 Å². The summed E-state index contributed by atoms with van der Waals surface area (Å²) in [6.45, 7) is 9.95. The molecule has 4 heteroatoms. The van der Waals surface area contributed by atoms with Crippen LogP contribution in [0.4, 0.5) is 5.69 Å². The number of hydrogen-bond donors (Lipinski definition) is 1. The molecule has 0 aliphatic rings. The molecule has 0 aromatic heterocycles. The van der Waals surface area contributed by atoms with Crippen molar-refractivity contribution in [2.24, 2.45) is 5.92 Å². The van der Waals surface area contributed by atoms with E-state index in [0.29, 0.717) is 6.61 Å². The van der Waals surface area contributed by atoms with Crippen LogP contribution in [0.15, 0.2) is 36.4 Å². The van der Waals surface area contributed by atoms with E-state index in [1.165, 1.54) is 0 Å². The van der Waals surface area contributed by atoms with Gasteiger partial charge >= 0.3 is 5.97 Å². The van der Waals surface area contributed by atoms with Crippen LogP contribution >= 0.6 is 0 Å². The zero-order valence-electron chi connectivity index (χ0n) is 12.6. The highest BCUT2D eigenvalue weighted by Crippen LogP contribution is 2.21. The lowest BCUT2D eigenvalue weighted by atomic mass is 9.95. The smallest absolute Gasteiger partial charge is 0.329 e. The maximum atomic E-state index is 12.1. The maximum Gasteiger partial charge on any atom is 0.329 e. The molecule has 0 amide bonds. The molecule has 0 radical (unpaired) electrons. The Morgan fingerprint density at radius 1 is 1.35 bits per heavy atom. The quantitative estimate of drug-likeness (QED) is 0.614. The van der Waals surface area contributed by atoms with E-state index in [-0.39, 0.29) is 11.9 Å². The molecule has 0 aliphatic carbocycles. The molecule has 2 atom stereocenters. The first kappa shape index (κ1) is 16.1. The zero-order chi connectivity index (χ0) is 15.1. The first-order valence-corrected chi connectivity index (χ1v) is 6.72. The molecule has 0 bridgehead atoms. The number of anilines is 1. The number of hydrogen-bond acceptors (Lipinski definition) is 4. The summed E-state index contributed by atoms with van der Waals surface area (Å²) in [6, 6.07) is 6.99. The first-order chi connectivity index (χ1) is 9.49. The maximum absolute atomic E-state index is 12.1. The van der Waals surface area contributed by atoms with Crippen molar-refractivity contribution in [1.82, 2.24) is 0 Å². The van der Waals surface area contributed by atoms with Gasteiger partial charge in [0.1, 0.15) is 11.8 Å². The van der Waals surface area contributed by atoms with Crippen LogP contribution < -0.4 is 10.1 Å². The van der Waals surface area contributed by atoms with E-state index in [4.69, 9.17) is 9.47 Å². The molecule has 0 spiro atoms. The molecule has 20 heavy (non-hydrogen) atoms. The Kier molecular flexibility index (Phi) is 6.10. The minimum Gasteiger partial charge on any atom is -0.497 e. The largest absolute Gasteiger partial charge is 0.497 e. The summed E-state index contributed by atoms with van der Waals surface area (Å²) in [5.41, 5.74) is 1.78. The second-order valence-electron chi connectivity index (χ2n) is 4.74. The lowest BCUT2D eigenvalue weighted by Crippen LogP contribution is -2.37. The Bertz CT molecular complexity index is 453. The number of carbonyl (C=O) groups is 1. The molecule has 1 aromatic rings. The SMILES string of the molecule is C=C(C)[C@H](C)[C@H](Nc1ccc(OC)cc1)C(=O)OCC. The van der Waals surface area contributed by atoms with E-state index in [1.807, 2.05) is 38.1 Å². The topological polar surface area (TPSA) is 47.6 Å². The van der Waals surface area contributed by atoms with Crippen LogP contribution in [0.3, 0.4) is 0 Å². The highest BCUT2D eigenvalue weighted by atomic mass is 16.5.